The average molecular weight is 430 g/mol. The van der Waals surface area contributed by atoms with E-state index in [1.165, 1.54) is 6.26 Å². The lowest BCUT2D eigenvalue weighted by Crippen LogP contribution is -2.38. The van der Waals surface area contributed by atoms with E-state index < -0.39 is 10.0 Å². The molecule has 3 heterocycles. The summed E-state index contributed by atoms with van der Waals surface area (Å²) in [6.07, 6.45) is 4.03. The maximum Gasteiger partial charge on any atom is 0.415 e. The first kappa shape index (κ1) is 20.8. The second-order valence-electron chi connectivity index (χ2n) is 8.09. The van der Waals surface area contributed by atoms with Gasteiger partial charge < -0.3 is 4.74 Å². The van der Waals surface area contributed by atoms with Crippen molar-refractivity contribution in [1.29, 1.82) is 0 Å². The van der Waals surface area contributed by atoms with Gasteiger partial charge in [0.2, 0.25) is 10.0 Å². The molecule has 2 aromatic rings. The monoisotopic (exact) mass is 429 g/mol. The minimum absolute atomic E-state index is 0.0827. The van der Waals surface area contributed by atoms with Gasteiger partial charge in [0, 0.05) is 18.8 Å². The molecule has 1 aromatic carbocycles. The lowest BCUT2D eigenvalue weighted by Gasteiger charge is -2.30. The number of hydrogen-bond donors (Lipinski definition) is 0. The molecule has 8 heteroatoms. The standard InChI is InChI=1S/C22H27N3O4S/c1-30(27,28)24-12-10-18(11-13-24)14-19-8-5-9-21(23-19)25-20(16-29-22(25)26)15-17-6-3-2-4-7-17/h2-9,18,20H,10-16H2,1H3/t20-/m0/s1. The van der Waals surface area contributed by atoms with E-state index in [2.05, 4.69) is 0 Å². The third kappa shape index (κ3) is 4.82. The van der Waals surface area contributed by atoms with Crippen LogP contribution < -0.4 is 4.90 Å². The summed E-state index contributed by atoms with van der Waals surface area (Å²) in [5, 5.41) is 0. The molecule has 2 aliphatic heterocycles. The fraction of sp³-hybridized carbons (Fsp3) is 0.455. The van der Waals surface area contributed by atoms with Gasteiger partial charge in [-0.25, -0.2) is 22.5 Å². The molecule has 4 rings (SSSR count). The highest BCUT2D eigenvalue weighted by molar-refractivity contribution is 7.88. The fourth-order valence-corrected chi connectivity index (χ4v) is 5.11. The van der Waals surface area contributed by atoms with Crippen molar-refractivity contribution in [3.05, 3.63) is 59.8 Å². The number of sulfonamides is 1. The van der Waals surface area contributed by atoms with Crippen LogP contribution in [0.15, 0.2) is 48.5 Å². The normalized spacial score (nSPS) is 21.0. The number of carbonyl (C=O) groups excluding carboxylic acids is 1. The van der Waals surface area contributed by atoms with Crippen LogP contribution in [0.3, 0.4) is 0 Å². The number of anilines is 1. The topological polar surface area (TPSA) is 79.8 Å². The molecule has 0 N–H and O–H groups in total. The van der Waals surface area contributed by atoms with E-state index in [9.17, 15) is 13.2 Å². The van der Waals surface area contributed by atoms with Crippen molar-refractivity contribution in [2.75, 3.05) is 30.9 Å². The van der Waals surface area contributed by atoms with Gasteiger partial charge in [0.25, 0.3) is 0 Å². The summed E-state index contributed by atoms with van der Waals surface area (Å²) in [6.45, 7) is 1.46. The molecule has 0 unspecified atom stereocenters. The molecule has 0 aliphatic carbocycles. The zero-order valence-corrected chi connectivity index (χ0v) is 17.9. The van der Waals surface area contributed by atoms with E-state index >= 15 is 0 Å². The van der Waals surface area contributed by atoms with E-state index in [0.29, 0.717) is 37.9 Å². The Labute approximate surface area is 177 Å². The summed E-state index contributed by atoms with van der Waals surface area (Å²) < 4.78 is 30.3. The molecule has 0 saturated carbocycles. The Morgan fingerprint density at radius 3 is 2.47 bits per heavy atom. The van der Waals surface area contributed by atoms with Crippen LogP contribution in [-0.2, 0) is 27.6 Å². The van der Waals surface area contributed by atoms with Crippen LogP contribution in [0.1, 0.15) is 24.1 Å². The number of carbonyl (C=O) groups is 1. The van der Waals surface area contributed by atoms with Crippen LogP contribution in [0.2, 0.25) is 0 Å². The third-order valence-electron chi connectivity index (χ3n) is 5.85. The molecule has 30 heavy (non-hydrogen) atoms. The van der Waals surface area contributed by atoms with Crippen molar-refractivity contribution in [2.45, 2.75) is 31.7 Å². The minimum atomic E-state index is -3.12. The number of cyclic esters (lactones) is 1. The molecule has 2 saturated heterocycles. The van der Waals surface area contributed by atoms with Gasteiger partial charge in [-0.1, -0.05) is 36.4 Å². The minimum Gasteiger partial charge on any atom is -0.447 e. The van der Waals surface area contributed by atoms with Gasteiger partial charge >= 0.3 is 6.09 Å². The number of benzene rings is 1. The van der Waals surface area contributed by atoms with Gasteiger partial charge in [-0.15, -0.1) is 0 Å². The zero-order valence-electron chi connectivity index (χ0n) is 17.1. The summed E-state index contributed by atoms with van der Waals surface area (Å²) in [7, 11) is -3.12. The summed E-state index contributed by atoms with van der Waals surface area (Å²) >= 11 is 0. The first-order valence-corrected chi connectivity index (χ1v) is 12.2. The van der Waals surface area contributed by atoms with Crippen molar-refractivity contribution >= 4 is 21.9 Å². The van der Waals surface area contributed by atoms with Crippen LogP contribution in [0.5, 0.6) is 0 Å². The Kier molecular flexibility index (Phi) is 6.06. The molecule has 1 amide bonds. The lowest BCUT2D eigenvalue weighted by molar-refractivity contribution is 0.178. The second kappa shape index (κ2) is 8.73. The number of rotatable bonds is 6. The first-order chi connectivity index (χ1) is 14.4. The molecular weight excluding hydrogens is 402 g/mol. The number of hydrogen-bond acceptors (Lipinski definition) is 5. The van der Waals surface area contributed by atoms with E-state index in [4.69, 9.17) is 9.72 Å². The third-order valence-corrected chi connectivity index (χ3v) is 7.16. The lowest BCUT2D eigenvalue weighted by atomic mass is 9.93. The van der Waals surface area contributed by atoms with Crippen LogP contribution in [0.25, 0.3) is 0 Å². The largest absolute Gasteiger partial charge is 0.447 e. The second-order valence-corrected chi connectivity index (χ2v) is 10.1. The van der Waals surface area contributed by atoms with E-state index in [-0.39, 0.29) is 12.1 Å². The highest BCUT2D eigenvalue weighted by Crippen LogP contribution is 2.26. The number of aromatic nitrogens is 1. The highest BCUT2D eigenvalue weighted by atomic mass is 32.2. The molecule has 0 bridgehead atoms. The van der Waals surface area contributed by atoms with Crippen molar-refractivity contribution < 1.29 is 17.9 Å². The summed E-state index contributed by atoms with van der Waals surface area (Å²) in [6, 6.07) is 15.7. The molecule has 1 atom stereocenters. The maximum atomic E-state index is 12.4. The van der Waals surface area contributed by atoms with Crippen molar-refractivity contribution in [3.8, 4) is 0 Å². The summed E-state index contributed by atoms with van der Waals surface area (Å²) in [5.74, 6) is 1.00. The molecule has 1 aromatic heterocycles. The van der Waals surface area contributed by atoms with Gasteiger partial charge in [0.15, 0.2) is 0 Å². The van der Waals surface area contributed by atoms with Gasteiger partial charge in [-0.3, -0.25) is 4.90 Å². The van der Waals surface area contributed by atoms with Gasteiger partial charge in [0.05, 0.1) is 12.3 Å². The van der Waals surface area contributed by atoms with Crippen molar-refractivity contribution in [3.63, 3.8) is 0 Å². The maximum absolute atomic E-state index is 12.4. The molecule has 2 fully saturated rings. The Morgan fingerprint density at radius 1 is 1.03 bits per heavy atom. The Bertz CT molecular complexity index is 988. The van der Waals surface area contributed by atoms with Crippen molar-refractivity contribution in [2.24, 2.45) is 5.92 Å². The zero-order chi connectivity index (χ0) is 21.1. The molecular formula is C22H27N3O4S. The SMILES string of the molecule is CS(=O)(=O)N1CCC(Cc2cccc(N3C(=O)OC[C@@H]3Cc3ccccc3)n2)CC1. The smallest absolute Gasteiger partial charge is 0.415 e. The van der Waals surface area contributed by atoms with Gasteiger partial charge in [-0.2, -0.15) is 0 Å². The van der Waals surface area contributed by atoms with E-state index in [1.54, 1.807) is 9.21 Å². The van der Waals surface area contributed by atoms with Crippen molar-refractivity contribution in [1.82, 2.24) is 9.29 Å². The first-order valence-electron chi connectivity index (χ1n) is 10.3. The predicted molar refractivity (Wildman–Crippen MR) is 115 cm³/mol. The number of ether oxygens (including phenoxy) is 1. The van der Waals surface area contributed by atoms with Crippen LogP contribution in [0, 0.1) is 5.92 Å². The number of pyridine rings is 1. The molecule has 0 spiro atoms. The Morgan fingerprint density at radius 2 is 1.77 bits per heavy atom. The number of amides is 1. The van der Waals surface area contributed by atoms with Gasteiger partial charge in [0.1, 0.15) is 12.4 Å². The molecule has 0 radical (unpaired) electrons. The quantitative estimate of drug-likeness (QED) is 0.705. The number of piperidine rings is 1. The fourth-order valence-electron chi connectivity index (χ4n) is 4.23. The predicted octanol–water partition coefficient (Wildman–Crippen LogP) is 2.86. The van der Waals surface area contributed by atoms with Gasteiger partial charge in [-0.05, 0) is 49.3 Å². The number of nitrogens with zero attached hydrogens (tertiary/aromatic N) is 3. The summed E-state index contributed by atoms with van der Waals surface area (Å²) in [5.41, 5.74) is 2.07. The Balaban J connectivity index is 1.44. The Hall–Kier alpha value is -2.45. The van der Waals surface area contributed by atoms with Crippen LogP contribution >= 0.6 is 0 Å². The van der Waals surface area contributed by atoms with Crippen LogP contribution in [-0.4, -0.2) is 55.8 Å². The molecule has 160 valence electrons. The molecule has 7 nitrogen and oxygen atoms in total. The highest BCUT2D eigenvalue weighted by Gasteiger charge is 2.35. The molecule has 2 aliphatic rings. The van der Waals surface area contributed by atoms with E-state index in [0.717, 1.165) is 30.5 Å². The van der Waals surface area contributed by atoms with Crippen LogP contribution in [0.4, 0.5) is 10.6 Å². The average Bonchev–Trinajstić information content (AvgIpc) is 3.09. The van der Waals surface area contributed by atoms with E-state index in [1.807, 2.05) is 48.5 Å². The summed E-state index contributed by atoms with van der Waals surface area (Å²) in [4.78, 5) is 18.8.